The van der Waals surface area contributed by atoms with Crippen molar-refractivity contribution >= 4 is 44.5 Å². The molecule has 4 aromatic rings. The molecule has 0 atom stereocenters. The fourth-order valence-corrected chi connectivity index (χ4v) is 4.19. The molecular weight excluding hydrogens is 354 g/mol. The monoisotopic (exact) mass is 377 g/mol. The summed E-state index contributed by atoms with van der Waals surface area (Å²) in [6.45, 7) is 8.74. The predicted octanol–water partition coefficient (Wildman–Crippen LogP) is 5.87. The van der Waals surface area contributed by atoms with Crippen LogP contribution in [0.15, 0.2) is 41.8 Å². The summed E-state index contributed by atoms with van der Waals surface area (Å²) >= 11 is 1.71. The number of hydrazone groups is 1. The number of aromatic nitrogens is 3. The summed E-state index contributed by atoms with van der Waals surface area (Å²) in [4.78, 5) is 14.6. The number of hydrogen-bond acceptors (Lipinski definition) is 5. The van der Waals surface area contributed by atoms with Crippen molar-refractivity contribution in [2.75, 3.05) is 5.43 Å². The van der Waals surface area contributed by atoms with Gasteiger partial charge in [0.15, 0.2) is 5.82 Å². The van der Waals surface area contributed by atoms with Crippen molar-refractivity contribution in [3.05, 3.63) is 52.8 Å². The number of aromatic amines is 1. The van der Waals surface area contributed by atoms with E-state index in [0.717, 1.165) is 27.1 Å². The largest absolute Gasteiger partial charge is 0.358 e. The van der Waals surface area contributed by atoms with Crippen LogP contribution in [0.1, 0.15) is 55.7 Å². The van der Waals surface area contributed by atoms with Crippen LogP contribution < -0.4 is 5.43 Å². The second-order valence-corrected chi connectivity index (χ2v) is 8.33. The Kier molecular flexibility index (Phi) is 4.66. The van der Waals surface area contributed by atoms with Crippen LogP contribution in [0.25, 0.3) is 21.1 Å². The molecule has 0 saturated carbocycles. The zero-order valence-electron chi connectivity index (χ0n) is 15.9. The van der Waals surface area contributed by atoms with Gasteiger partial charge in [0.05, 0.1) is 11.6 Å². The Balaban J connectivity index is 1.68. The second-order valence-electron chi connectivity index (χ2n) is 7.27. The standard InChI is InChI=1S/C21H23N5S/c1-12(2)18-9-15-20(22-11-23-21(15)27-18)26-24-10-16-14-7-5-6-8-17(14)25-19(16)13(3)4/h5-13,25H,1-4H3,(H,22,23,26)/b24-10+. The summed E-state index contributed by atoms with van der Waals surface area (Å²) in [6, 6.07) is 10.5. The lowest BCUT2D eigenvalue weighted by Crippen LogP contribution is -1.97. The highest BCUT2D eigenvalue weighted by atomic mass is 32.1. The first kappa shape index (κ1) is 17.7. The number of fused-ring (bicyclic) bond motifs is 2. The highest BCUT2D eigenvalue weighted by molar-refractivity contribution is 7.18. The van der Waals surface area contributed by atoms with E-state index < -0.39 is 0 Å². The Morgan fingerprint density at radius 1 is 1.07 bits per heavy atom. The molecule has 0 spiro atoms. The Labute approximate surface area is 162 Å². The third kappa shape index (κ3) is 3.32. The van der Waals surface area contributed by atoms with Crippen molar-refractivity contribution < 1.29 is 0 Å². The molecule has 27 heavy (non-hydrogen) atoms. The van der Waals surface area contributed by atoms with E-state index in [1.807, 2.05) is 12.3 Å². The van der Waals surface area contributed by atoms with E-state index in [2.05, 4.69) is 77.4 Å². The van der Waals surface area contributed by atoms with Crippen LogP contribution >= 0.6 is 11.3 Å². The summed E-state index contributed by atoms with van der Waals surface area (Å²) in [5.74, 6) is 1.60. The van der Waals surface area contributed by atoms with Crippen LogP contribution in [0.3, 0.4) is 0 Å². The number of rotatable bonds is 5. The third-order valence-corrected chi connectivity index (χ3v) is 5.98. The maximum atomic E-state index is 4.50. The van der Waals surface area contributed by atoms with Crippen LogP contribution in [0.4, 0.5) is 5.82 Å². The molecule has 0 unspecified atom stereocenters. The summed E-state index contributed by atoms with van der Waals surface area (Å²) in [7, 11) is 0. The van der Waals surface area contributed by atoms with Gasteiger partial charge >= 0.3 is 0 Å². The molecule has 0 amide bonds. The van der Waals surface area contributed by atoms with Crippen LogP contribution in [0.5, 0.6) is 0 Å². The normalized spacial score (nSPS) is 12.2. The number of hydrogen-bond donors (Lipinski definition) is 2. The first-order chi connectivity index (χ1) is 13.0. The zero-order valence-corrected chi connectivity index (χ0v) is 16.8. The summed E-state index contributed by atoms with van der Waals surface area (Å²) in [5.41, 5.74) is 6.56. The molecule has 0 radical (unpaired) electrons. The van der Waals surface area contributed by atoms with Gasteiger partial charge in [-0.05, 0) is 24.0 Å². The topological polar surface area (TPSA) is 66.0 Å². The molecule has 0 bridgehead atoms. The fourth-order valence-electron chi connectivity index (χ4n) is 3.18. The Bertz CT molecular complexity index is 1120. The number of para-hydroxylation sites is 1. The van der Waals surface area contributed by atoms with Crippen molar-refractivity contribution in [2.24, 2.45) is 5.10 Å². The van der Waals surface area contributed by atoms with E-state index >= 15 is 0 Å². The van der Waals surface area contributed by atoms with Crippen LogP contribution in [-0.4, -0.2) is 21.2 Å². The maximum absolute atomic E-state index is 4.50. The molecule has 3 heterocycles. The van der Waals surface area contributed by atoms with Gasteiger partial charge in [-0.15, -0.1) is 11.3 Å². The first-order valence-electron chi connectivity index (χ1n) is 9.18. The Morgan fingerprint density at radius 2 is 1.89 bits per heavy atom. The SMILES string of the molecule is CC(C)c1cc2c(N/N=C/c3c(C(C)C)[nH]c4ccccc34)ncnc2s1. The van der Waals surface area contributed by atoms with Gasteiger partial charge in [-0.25, -0.2) is 9.97 Å². The lowest BCUT2D eigenvalue weighted by molar-refractivity contribution is 0.835. The quantitative estimate of drug-likeness (QED) is 0.338. The number of benzene rings is 1. The first-order valence-corrected chi connectivity index (χ1v) is 10.0. The van der Waals surface area contributed by atoms with Gasteiger partial charge in [-0.3, -0.25) is 5.43 Å². The van der Waals surface area contributed by atoms with E-state index in [9.17, 15) is 0 Å². The fraction of sp³-hybridized carbons (Fsp3) is 0.286. The van der Waals surface area contributed by atoms with Gasteiger partial charge in [-0.2, -0.15) is 5.10 Å². The molecule has 5 nitrogen and oxygen atoms in total. The molecular formula is C21H23N5S. The van der Waals surface area contributed by atoms with Crippen molar-refractivity contribution in [1.29, 1.82) is 0 Å². The molecule has 0 saturated heterocycles. The summed E-state index contributed by atoms with van der Waals surface area (Å²) in [5, 5.41) is 6.70. The zero-order chi connectivity index (χ0) is 19.0. The molecule has 0 aliphatic heterocycles. The van der Waals surface area contributed by atoms with Crippen LogP contribution in [0, 0.1) is 0 Å². The minimum absolute atomic E-state index is 0.384. The smallest absolute Gasteiger partial charge is 0.158 e. The average molecular weight is 378 g/mol. The highest BCUT2D eigenvalue weighted by Gasteiger charge is 2.13. The lowest BCUT2D eigenvalue weighted by atomic mass is 10.0. The van der Waals surface area contributed by atoms with Gasteiger partial charge in [0.25, 0.3) is 0 Å². The lowest BCUT2D eigenvalue weighted by Gasteiger charge is -2.04. The molecule has 0 aliphatic rings. The van der Waals surface area contributed by atoms with Gasteiger partial charge in [-0.1, -0.05) is 45.9 Å². The minimum atomic E-state index is 0.384. The molecule has 1 aromatic carbocycles. The van der Waals surface area contributed by atoms with Crippen molar-refractivity contribution in [2.45, 2.75) is 39.5 Å². The van der Waals surface area contributed by atoms with Gasteiger partial charge in [0.2, 0.25) is 0 Å². The molecule has 4 rings (SSSR count). The molecule has 2 N–H and O–H groups in total. The van der Waals surface area contributed by atoms with E-state index in [4.69, 9.17) is 0 Å². The van der Waals surface area contributed by atoms with E-state index in [-0.39, 0.29) is 0 Å². The summed E-state index contributed by atoms with van der Waals surface area (Å²) < 4.78 is 0. The number of nitrogens with one attached hydrogen (secondary N) is 2. The molecule has 3 aromatic heterocycles. The number of anilines is 1. The van der Waals surface area contributed by atoms with Crippen molar-refractivity contribution in [3.63, 3.8) is 0 Å². The second kappa shape index (κ2) is 7.12. The highest BCUT2D eigenvalue weighted by Crippen LogP contribution is 2.32. The van der Waals surface area contributed by atoms with E-state index in [1.165, 1.54) is 16.0 Å². The number of H-pyrrole nitrogens is 1. The third-order valence-electron chi connectivity index (χ3n) is 4.64. The van der Waals surface area contributed by atoms with Gasteiger partial charge < -0.3 is 4.98 Å². The molecule has 0 fully saturated rings. The molecule has 0 aliphatic carbocycles. The van der Waals surface area contributed by atoms with Crippen LogP contribution in [0.2, 0.25) is 0 Å². The van der Waals surface area contributed by atoms with E-state index in [0.29, 0.717) is 11.8 Å². The van der Waals surface area contributed by atoms with Crippen LogP contribution in [-0.2, 0) is 0 Å². The minimum Gasteiger partial charge on any atom is -0.358 e. The maximum Gasteiger partial charge on any atom is 0.158 e. The Hall–Kier alpha value is -2.73. The van der Waals surface area contributed by atoms with Gasteiger partial charge in [0, 0.05) is 27.0 Å². The van der Waals surface area contributed by atoms with Crippen molar-refractivity contribution in [1.82, 2.24) is 15.0 Å². The summed E-state index contributed by atoms with van der Waals surface area (Å²) in [6.07, 6.45) is 3.48. The van der Waals surface area contributed by atoms with E-state index in [1.54, 1.807) is 17.7 Å². The number of nitrogens with zero attached hydrogens (tertiary/aromatic N) is 3. The Morgan fingerprint density at radius 3 is 2.67 bits per heavy atom. The van der Waals surface area contributed by atoms with Crippen molar-refractivity contribution in [3.8, 4) is 0 Å². The number of thiophene rings is 1. The molecule has 6 heteroatoms. The van der Waals surface area contributed by atoms with Gasteiger partial charge in [0.1, 0.15) is 11.2 Å². The molecule has 138 valence electrons. The predicted molar refractivity (Wildman–Crippen MR) is 115 cm³/mol. The average Bonchev–Trinajstić information content (AvgIpc) is 3.24.